The molecule has 0 fully saturated rings. The lowest BCUT2D eigenvalue weighted by molar-refractivity contribution is -0.122. The van der Waals surface area contributed by atoms with Crippen molar-refractivity contribution in [3.8, 4) is 5.75 Å². The van der Waals surface area contributed by atoms with Crippen LogP contribution < -0.4 is 10.1 Å². The number of amides is 1. The van der Waals surface area contributed by atoms with Crippen molar-refractivity contribution >= 4 is 5.91 Å². The number of ether oxygens (including phenoxy) is 1. The van der Waals surface area contributed by atoms with E-state index in [1.54, 1.807) is 7.11 Å². The zero-order chi connectivity index (χ0) is 14.8. The van der Waals surface area contributed by atoms with Crippen LogP contribution in [0.25, 0.3) is 0 Å². The minimum absolute atomic E-state index is 0.0859. The molecule has 1 amide bonds. The minimum Gasteiger partial charge on any atom is -0.497 e. The second-order valence-electron chi connectivity index (χ2n) is 4.90. The predicted octanol–water partition coefficient (Wildman–Crippen LogP) is 2.43. The highest BCUT2D eigenvalue weighted by atomic mass is 16.5. The Morgan fingerprint density at radius 1 is 1.15 bits per heavy atom. The maximum Gasteiger partial charge on any atom is 0.234 e. The molecule has 112 valence electrons. The Kier molecular flexibility index (Phi) is 7.73. The van der Waals surface area contributed by atoms with Crippen LogP contribution in [0.15, 0.2) is 24.3 Å². The van der Waals surface area contributed by atoms with E-state index in [2.05, 4.69) is 24.1 Å². The van der Waals surface area contributed by atoms with Gasteiger partial charge in [-0.15, -0.1) is 0 Å². The number of hydrogen-bond donors (Lipinski definition) is 1. The van der Waals surface area contributed by atoms with Crippen LogP contribution in [0.3, 0.4) is 0 Å². The van der Waals surface area contributed by atoms with E-state index in [0.29, 0.717) is 13.1 Å². The lowest BCUT2D eigenvalue weighted by Crippen LogP contribution is -2.37. The van der Waals surface area contributed by atoms with Crippen molar-refractivity contribution in [1.82, 2.24) is 10.2 Å². The molecule has 1 N–H and O–H groups in total. The molecule has 0 saturated carbocycles. The average Bonchev–Trinajstić information content (AvgIpc) is 2.46. The van der Waals surface area contributed by atoms with Crippen LogP contribution in [0.1, 0.15) is 32.3 Å². The van der Waals surface area contributed by atoms with E-state index in [4.69, 9.17) is 4.74 Å². The molecule has 0 atom stereocenters. The second kappa shape index (κ2) is 9.37. The molecule has 1 rings (SSSR count). The van der Waals surface area contributed by atoms with Crippen LogP contribution in [-0.4, -0.2) is 37.6 Å². The quantitative estimate of drug-likeness (QED) is 0.754. The molecule has 0 bridgehead atoms. The van der Waals surface area contributed by atoms with Gasteiger partial charge in [0, 0.05) is 6.54 Å². The van der Waals surface area contributed by atoms with Gasteiger partial charge in [0.25, 0.3) is 0 Å². The molecule has 0 aromatic heterocycles. The van der Waals surface area contributed by atoms with Crippen LogP contribution in [-0.2, 0) is 11.3 Å². The van der Waals surface area contributed by atoms with Crippen molar-refractivity contribution in [2.75, 3.05) is 26.7 Å². The fourth-order valence-electron chi connectivity index (χ4n) is 2.11. The van der Waals surface area contributed by atoms with E-state index < -0.39 is 0 Å². The molecule has 0 spiro atoms. The molecular formula is C16H26N2O2. The Balaban J connectivity index is 2.37. The molecule has 20 heavy (non-hydrogen) atoms. The van der Waals surface area contributed by atoms with Crippen LogP contribution in [0.2, 0.25) is 0 Å². The maximum atomic E-state index is 11.9. The summed E-state index contributed by atoms with van der Waals surface area (Å²) in [6, 6.07) is 7.74. The van der Waals surface area contributed by atoms with E-state index in [0.717, 1.165) is 37.2 Å². The summed E-state index contributed by atoms with van der Waals surface area (Å²) in [7, 11) is 1.65. The summed E-state index contributed by atoms with van der Waals surface area (Å²) in [6.07, 6.45) is 2.15. The minimum atomic E-state index is 0.0859. The first-order valence-corrected chi connectivity index (χ1v) is 7.31. The number of carbonyl (C=O) groups is 1. The van der Waals surface area contributed by atoms with Gasteiger partial charge in [-0.05, 0) is 43.6 Å². The SMILES string of the molecule is CCCN(CCC)CC(=O)NCc1ccc(OC)cc1. The summed E-state index contributed by atoms with van der Waals surface area (Å²) in [5.74, 6) is 0.917. The molecule has 4 heteroatoms. The van der Waals surface area contributed by atoms with Crippen molar-refractivity contribution < 1.29 is 9.53 Å². The van der Waals surface area contributed by atoms with Crippen molar-refractivity contribution in [3.63, 3.8) is 0 Å². The van der Waals surface area contributed by atoms with Gasteiger partial charge in [-0.25, -0.2) is 0 Å². The van der Waals surface area contributed by atoms with Gasteiger partial charge < -0.3 is 10.1 Å². The Hall–Kier alpha value is -1.55. The van der Waals surface area contributed by atoms with Gasteiger partial charge in [0.1, 0.15) is 5.75 Å². The normalized spacial score (nSPS) is 10.6. The molecule has 1 aromatic rings. The molecule has 0 aliphatic rings. The molecule has 4 nitrogen and oxygen atoms in total. The Bertz CT molecular complexity index is 384. The summed E-state index contributed by atoms with van der Waals surface area (Å²) in [6.45, 7) is 7.27. The number of rotatable bonds is 9. The largest absolute Gasteiger partial charge is 0.497 e. The van der Waals surface area contributed by atoms with Crippen molar-refractivity contribution in [1.29, 1.82) is 0 Å². The van der Waals surface area contributed by atoms with Crippen LogP contribution in [0.4, 0.5) is 0 Å². The first kappa shape index (κ1) is 16.5. The van der Waals surface area contributed by atoms with Gasteiger partial charge in [0.15, 0.2) is 0 Å². The zero-order valence-electron chi connectivity index (χ0n) is 12.8. The van der Waals surface area contributed by atoms with E-state index in [1.807, 2.05) is 24.3 Å². The Morgan fingerprint density at radius 2 is 1.75 bits per heavy atom. The van der Waals surface area contributed by atoms with Crippen LogP contribution in [0.5, 0.6) is 5.75 Å². The topological polar surface area (TPSA) is 41.6 Å². The average molecular weight is 278 g/mol. The van der Waals surface area contributed by atoms with Gasteiger partial charge in [-0.1, -0.05) is 26.0 Å². The Morgan fingerprint density at radius 3 is 2.25 bits per heavy atom. The zero-order valence-corrected chi connectivity index (χ0v) is 12.8. The highest BCUT2D eigenvalue weighted by Gasteiger charge is 2.08. The highest BCUT2D eigenvalue weighted by Crippen LogP contribution is 2.10. The first-order chi connectivity index (χ1) is 9.69. The van der Waals surface area contributed by atoms with Gasteiger partial charge in [0.2, 0.25) is 5.91 Å². The lowest BCUT2D eigenvalue weighted by atomic mass is 10.2. The van der Waals surface area contributed by atoms with Crippen LogP contribution in [0, 0.1) is 0 Å². The standard InChI is InChI=1S/C16H26N2O2/c1-4-10-18(11-5-2)13-16(19)17-12-14-6-8-15(20-3)9-7-14/h6-9H,4-5,10-13H2,1-3H3,(H,17,19). The Labute approximate surface area is 122 Å². The van der Waals surface area contributed by atoms with E-state index in [1.165, 1.54) is 0 Å². The second-order valence-corrected chi connectivity index (χ2v) is 4.90. The molecule has 0 heterocycles. The summed E-state index contributed by atoms with van der Waals surface area (Å²) in [4.78, 5) is 14.1. The van der Waals surface area contributed by atoms with Gasteiger partial charge in [-0.3, -0.25) is 9.69 Å². The molecule has 1 aromatic carbocycles. The summed E-state index contributed by atoms with van der Waals surface area (Å²) < 4.78 is 5.11. The number of nitrogens with one attached hydrogen (secondary N) is 1. The third kappa shape index (κ3) is 6.06. The predicted molar refractivity (Wildman–Crippen MR) is 81.9 cm³/mol. The smallest absolute Gasteiger partial charge is 0.234 e. The fraction of sp³-hybridized carbons (Fsp3) is 0.562. The van der Waals surface area contributed by atoms with Gasteiger partial charge in [-0.2, -0.15) is 0 Å². The van der Waals surface area contributed by atoms with E-state index in [9.17, 15) is 4.79 Å². The van der Waals surface area contributed by atoms with Crippen LogP contribution >= 0.6 is 0 Å². The number of benzene rings is 1. The van der Waals surface area contributed by atoms with E-state index in [-0.39, 0.29) is 5.91 Å². The lowest BCUT2D eigenvalue weighted by Gasteiger charge is -2.20. The van der Waals surface area contributed by atoms with Crippen molar-refractivity contribution in [3.05, 3.63) is 29.8 Å². The molecular weight excluding hydrogens is 252 g/mol. The molecule has 0 radical (unpaired) electrons. The van der Waals surface area contributed by atoms with E-state index >= 15 is 0 Å². The third-order valence-electron chi connectivity index (χ3n) is 3.10. The fourth-order valence-corrected chi connectivity index (χ4v) is 2.11. The molecule has 0 unspecified atom stereocenters. The number of methoxy groups -OCH3 is 1. The number of nitrogens with zero attached hydrogens (tertiary/aromatic N) is 1. The number of carbonyl (C=O) groups excluding carboxylic acids is 1. The summed E-state index contributed by atoms with van der Waals surface area (Å²) in [5.41, 5.74) is 1.08. The van der Waals surface area contributed by atoms with Crippen molar-refractivity contribution in [2.45, 2.75) is 33.2 Å². The first-order valence-electron chi connectivity index (χ1n) is 7.31. The molecule has 0 saturated heterocycles. The number of hydrogen-bond acceptors (Lipinski definition) is 3. The summed E-state index contributed by atoms with van der Waals surface area (Å²) >= 11 is 0. The van der Waals surface area contributed by atoms with Gasteiger partial charge in [0.05, 0.1) is 13.7 Å². The molecule has 0 aliphatic carbocycles. The third-order valence-corrected chi connectivity index (χ3v) is 3.10. The van der Waals surface area contributed by atoms with Crippen molar-refractivity contribution in [2.24, 2.45) is 0 Å². The summed E-state index contributed by atoms with van der Waals surface area (Å²) in [5, 5.41) is 2.96. The molecule has 0 aliphatic heterocycles. The maximum absolute atomic E-state index is 11.9. The van der Waals surface area contributed by atoms with Gasteiger partial charge >= 0.3 is 0 Å². The monoisotopic (exact) mass is 278 g/mol. The highest BCUT2D eigenvalue weighted by molar-refractivity contribution is 5.78.